The number of carboxylic acid groups (broad SMARTS) is 1. The quantitative estimate of drug-likeness (QED) is 0.112. The summed E-state index contributed by atoms with van der Waals surface area (Å²) in [5.41, 5.74) is 8.91. The molecule has 9 N–H and O–H groups in total. The molecule has 3 unspecified atom stereocenters. The molecule has 3 amide bonds. The summed E-state index contributed by atoms with van der Waals surface area (Å²) in [6.45, 7) is -0.509. The zero-order valence-corrected chi connectivity index (χ0v) is 22.0. The Hall–Kier alpha value is -5.17. The number of imidazole rings is 1. The Bertz CT molecular complexity index is 1500. The van der Waals surface area contributed by atoms with E-state index in [1.165, 1.54) is 24.7 Å². The Labute approximate surface area is 234 Å². The lowest BCUT2D eigenvalue weighted by Crippen LogP contribution is -2.54. The van der Waals surface area contributed by atoms with Gasteiger partial charge in [-0.15, -0.1) is 0 Å². The predicted molar refractivity (Wildman–Crippen MR) is 149 cm³/mol. The number of para-hydroxylation sites is 1. The van der Waals surface area contributed by atoms with Crippen LogP contribution in [0.1, 0.15) is 16.8 Å². The number of hydrogen-bond acceptors (Lipinski definition) is 7. The average molecular weight is 562 g/mol. The van der Waals surface area contributed by atoms with Gasteiger partial charge < -0.3 is 41.9 Å². The topological polar surface area (TPSA) is 215 Å². The molecular weight excluding hydrogens is 530 g/mol. The molecule has 0 radical (unpaired) electrons. The normalized spacial score (nSPS) is 13.2. The van der Waals surface area contributed by atoms with Crippen molar-refractivity contribution in [1.82, 2.24) is 30.9 Å². The highest BCUT2D eigenvalue weighted by Gasteiger charge is 2.26. The molecule has 0 spiro atoms. The van der Waals surface area contributed by atoms with E-state index in [1.807, 2.05) is 24.3 Å². The number of rotatable bonds is 13. The SMILES string of the molecule is NC(Cc1ccc(O)cc1)C(=O)NC(Cc1cnc[nH]1)C(=O)NCC(=O)NC(Cc1c[nH]c2ccccc12)C(=O)O. The molecule has 0 fully saturated rings. The van der Waals surface area contributed by atoms with Gasteiger partial charge in [0, 0.05) is 41.8 Å². The van der Waals surface area contributed by atoms with Crippen LogP contribution in [0.25, 0.3) is 10.9 Å². The van der Waals surface area contributed by atoms with Crippen LogP contribution in [0.15, 0.2) is 67.3 Å². The Morgan fingerprint density at radius 3 is 2.37 bits per heavy atom. The smallest absolute Gasteiger partial charge is 0.326 e. The van der Waals surface area contributed by atoms with E-state index < -0.39 is 48.4 Å². The molecular formula is C28H31N7O6. The molecule has 214 valence electrons. The lowest BCUT2D eigenvalue weighted by atomic mass is 10.0. The van der Waals surface area contributed by atoms with Crippen molar-refractivity contribution in [3.63, 3.8) is 0 Å². The van der Waals surface area contributed by atoms with Crippen LogP contribution < -0.4 is 21.7 Å². The minimum atomic E-state index is -1.23. The fourth-order valence-electron chi connectivity index (χ4n) is 4.34. The van der Waals surface area contributed by atoms with Gasteiger partial charge >= 0.3 is 5.97 Å². The van der Waals surface area contributed by atoms with E-state index in [2.05, 4.69) is 30.9 Å². The third-order valence-electron chi connectivity index (χ3n) is 6.50. The predicted octanol–water partition coefficient (Wildman–Crippen LogP) is 0.122. The van der Waals surface area contributed by atoms with Crippen LogP contribution in [-0.2, 0) is 38.4 Å². The molecule has 0 aliphatic rings. The van der Waals surface area contributed by atoms with Crippen LogP contribution in [-0.4, -0.2) is 73.5 Å². The minimum Gasteiger partial charge on any atom is -0.508 e. The molecule has 2 aromatic heterocycles. The second-order valence-electron chi connectivity index (χ2n) is 9.56. The number of aliphatic carboxylic acids is 1. The molecule has 2 heterocycles. The van der Waals surface area contributed by atoms with Gasteiger partial charge in [0.15, 0.2) is 0 Å². The van der Waals surface area contributed by atoms with Crippen molar-refractivity contribution in [3.8, 4) is 5.75 Å². The summed E-state index contributed by atoms with van der Waals surface area (Å²) in [7, 11) is 0. The molecule has 0 aliphatic heterocycles. The number of phenols is 1. The fourth-order valence-corrected chi connectivity index (χ4v) is 4.34. The van der Waals surface area contributed by atoms with E-state index in [-0.39, 0.29) is 25.0 Å². The van der Waals surface area contributed by atoms with Crippen molar-refractivity contribution >= 4 is 34.6 Å². The summed E-state index contributed by atoms with van der Waals surface area (Å²) in [5, 5.41) is 27.5. The second kappa shape index (κ2) is 13.3. The van der Waals surface area contributed by atoms with Gasteiger partial charge in [-0.05, 0) is 35.7 Å². The van der Waals surface area contributed by atoms with Gasteiger partial charge in [-0.3, -0.25) is 14.4 Å². The number of hydrogen-bond donors (Lipinski definition) is 8. The summed E-state index contributed by atoms with van der Waals surface area (Å²) in [4.78, 5) is 60.2. The number of nitrogens with two attached hydrogens (primary N) is 1. The van der Waals surface area contributed by atoms with Crippen molar-refractivity contribution in [3.05, 3.63) is 84.1 Å². The van der Waals surface area contributed by atoms with E-state index in [1.54, 1.807) is 18.3 Å². The molecule has 0 aliphatic carbocycles. The largest absolute Gasteiger partial charge is 0.508 e. The number of aromatic nitrogens is 3. The number of phenolic OH excluding ortho intramolecular Hbond substituents is 1. The van der Waals surface area contributed by atoms with Gasteiger partial charge in [0.25, 0.3) is 0 Å². The lowest BCUT2D eigenvalue weighted by Gasteiger charge is -2.21. The number of nitrogens with one attached hydrogen (secondary N) is 5. The summed E-state index contributed by atoms with van der Waals surface area (Å²) in [5.74, 6) is -3.10. The number of carbonyl (C=O) groups excluding carboxylic acids is 3. The summed E-state index contributed by atoms with van der Waals surface area (Å²) < 4.78 is 0. The van der Waals surface area contributed by atoms with Gasteiger partial charge in [0.05, 0.1) is 18.9 Å². The molecule has 4 rings (SSSR count). The van der Waals surface area contributed by atoms with Crippen LogP contribution in [0.2, 0.25) is 0 Å². The van der Waals surface area contributed by atoms with E-state index in [0.717, 1.165) is 22.0 Å². The molecule has 0 saturated heterocycles. The van der Waals surface area contributed by atoms with E-state index in [9.17, 15) is 29.4 Å². The lowest BCUT2D eigenvalue weighted by molar-refractivity contribution is -0.141. The maximum Gasteiger partial charge on any atom is 0.326 e. The van der Waals surface area contributed by atoms with Gasteiger partial charge in [-0.1, -0.05) is 30.3 Å². The fraction of sp³-hybridized carbons (Fsp3) is 0.250. The first-order chi connectivity index (χ1) is 19.7. The monoisotopic (exact) mass is 561 g/mol. The summed E-state index contributed by atoms with van der Waals surface area (Å²) >= 11 is 0. The first kappa shape index (κ1) is 28.8. The third-order valence-corrected chi connectivity index (χ3v) is 6.50. The number of carbonyl (C=O) groups is 4. The Morgan fingerprint density at radius 2 is 1.66 bits per heavy atom. The van der Waals surface area contributed by atoms with Gasteiger partial charge in [0.1, 0.15) is 17.8 Å². The highest BCUT2D eigenvalue weighted by molar-refractivity contribution is 5.93. The molecule has 13 nitrogen and oxygen atoms in total. The van der Waals surface area contributed by atoms with Gasteiger partial charge in [-0.2, -0.15) is 0 Å². The van der Waals surface area contributed by atoms with Crippen LogP contribution in [0.4, 0.5) is 0 Å². The second-order valence-corrected chi connectivity index (χ2v) is 9.56. The number of aromatic hydroxyl groups is 1. The van der Waals surface area contributed by atoms with Crippen molar-refractivity contribution in [2.45, 2.75) is 37.4 Å². The molecule has 41 heavy (non-hydrogen) atoms. The molecule has 2 aromatic carbocycles. The number of benzene rings is 2. The standard InChI is InChI=1S/C28H31N7O6/c29-21(9-16-5-7-19(36)8-6-16)26(38)35-23(11-18-13-30-15-33-18)27(39)32-14-25(37)34-24(28(40)41)10-17-12-31-22-4-2-1-3-20(17)22/h1-8,12-13,15,21,23-24,31,36H,9-11,14,29H2,(H,30,33)(H,32,39)(H,34,37)(H,35,38)(H,40,41). The van der Waals surface area contributed by atoms with E-state index in [0.29, 0.717) is 5.69 Å². The Balaban J connectivity index is 1.35. The van der Waals surface area contributed by atoms with Crippen LogP contribution in [0, 0.1) is 0 Å². The van der Waals surface area contributed by atoms with Crippen molar-refractivity contribution < 1.29 is 29.4 Å². The van der Waals surface area contributed by atoms with Crippen LogP contribution in [0.5, 0.6) is 5.75 Å². The number of H-pyrrole nitrogens is 2. The number of fused-ring (bicyclic) bond motifs is 1. The zero-order chi connectivity index (χ0) is 29.4. The maximum atomic E-state index is 13.0. The zero-order valence-electron chi connectivity index (χ0n) is 22.0. The van der Waals surface area contributed by atoms with Gasteiger partial charge in [-0.25, -0.2) is 9.78 Å². The van der Waals surface area contributed by atoms with Crippen molar-refractivity contribution in [2.75, 3.05) is 6.54 Å². The summed E-state index contributed by atoms with van der Waals surface area (Å²) in [6, 6.07) is 10.3. The highest BCUT2D eigenvalue weighted by Crippen LogP contribution is 2.19. The van der Waals surface area contributed by atoms with Crippen molar-refractivity contribution in [2.24, 2.45) is 5.73 Å². The van der Waals surface area contributed by atoms with E-state index >= 15 is 0 Å². The Morgan fingerprint density at radius 1 is 0.902 bits per heavy atom. The Kier molecular flexibility index (Phi) is 9.32. The number of carboxylic acids is 1. The van der Waals surface area contributed by atoms with Gasteiger partial charge in [0.2, 0.25) is 17.7 Å². The molecule has 3 atom stereocenters. The summed E-state index contributed by atoms with van der Waals surface area (Å²) in [6.07, 6.45) is 4.87. The molecule has 0 saturated carbocycles. The van der Waals surface area contributed by atoms with Crippen molar-refractivity contribution in [1.29, 1.82) is 0 Å². The average Bonchev–Trinajstić information content (AvgIpc) is 3.62. The van der Waals surface area contributed by atoms with Crippen LogP contribution >= 0.6 is 0 Å². The number of amides is 3. The van der Waals surface area contributed by atoms with Crippen LogP contribution in [0.3, 0.4) is 0 Å². The number of nitrogens with zero attached hydrogens (tertiary/aromatic N) is 1. The minimum absolute atomic E-state index is 0.0382. The molecule has 13 heteroatoms. The first-order valence-electron chi connectivity index (χ1n) is 12.9. The van der Waals surface area contributed by atoms with E-state index in [4.69, 9.17) is 5.73 Å². The molecule has 4 aromatic rings. The number of aromatic amines is 2. The molecule has 0 bridgehead atoms. The third kappa shape index (κ3) is 7.92. The maximum absolute atomic E-state index is 13.0. The first-order valence-corrected chi connectivity index (χ1v) is 12.9. The highest BCUT2D eigenvalue weighted by atomic mass is 16.4.